The maximum atomic E-state index is 10.7. The molecular formula is C21H26ClNO3. The van der Waals surface area contributed by atoms with Gasteiger partial charge < -0.3 is 9.84 Å². The molecule has 1 aliphatic heterocycles. The van der Waals surface area contributed by atoms with E-state index in [0.29, 0.717) is 18.0 Å². The molecule has 2 aromatic carbocycles. The van der Waals surface area contributed by atoms with Crippen molar-refractivity contribution in [3.63, 3.8) is 0 Å². The maximum absolute atomic E-state index is 10.7. The van der Waals surface area contributed by atoms with Crippen molar-refractivity contribution in [2.75, 3.05) is 0 Å². The van der Waals surface area contributed by atoms with E-state index in [0.717, 1.165) is 37.1 Å². The lowest BCUT2D eigenvalue weighted by atomic mass is 9.93. The van der Waals surface area contributed by atoms with Crippen LogP contribution in [0.3, 0.4) is 0 Å². The van der Waals surface area contributed by atoms with Gasteiger partial charge in [-0.15, -0.1) is 12.4 Å². The summed E-state index contributed by atoms with van der Waals surface area (Å²) in [5.41, 5.74) is 4.52. The quantitative estimate of drug-likeness (QED) is 0.761. The maximum Gasteiger partial charge on any atom is 0.298 e. The molecule has 3 rings (SSSR count). The van der Waals surface area contributed by atoms with Gasteiger partial charge in [-0.2, -0.15) is 0 Å². The lowest BCUT2D eigenvalue weighted by Crippen LogP contribution is -2.40. The van der Waals surface area contributed by atoms with E-state index < -0.39 is 0 Å². The third-order valence-corrected chi connectivity index (χ3v) is 5.26. The van der Waals surface area contributed by atoms with Crippen molar-refractivity contribution in [2.24, 2.45) is 0 Å². The first-order chi connectivity index (χ1) is 11.9. The zero-order valence-corrected chi connectivity index (χ0v) is 16.3. The molecule has 1 N–H and O–H groups in total. The van der Waals surface area contributed by atoms with Crippen molar-refractivity contribution in [3.05, 3.63) is 58.7 Å². The van der Waals surface area contributed by atoms with Gasteiger partial charge in [0.15, 0.2) is 0 Å². The van der Waals surface area contributed by atoms with Crippen LogP contribution in [0.15, 0.2) is 36.4 Å². The Morgan fingerprint density at radius 2 is 2.00 bits per heavy atom. The lowest BCUT2D eigenvalue weighted by Gasteiger charge is -2.35. The number of carbonyl (C=O) groups is 1. The van der Waals surface area contributed by atoms with Gasteiger partial charge in [-0.1, -0.05) is 24.3 Å². The fraction of sp³-hybridized carbons (Fsp3) is 0.381. The summed E-state index contributed by atoms with van der Waals surface area (Å²) in [5, 5.41) is 9.67. The molecule has 0 radical (unpaired) electrons. The zero-order valence-electron chi connectivity index (χ0n) is 15.5. The summed E-state index contributed by atoms with van der Waals surface area (Å²) in [4.78, 5) is 13.1. The molecule has 0 saturated carbocycles. The van der Waals surface area contributed by atoms with Gasteiger partial charge in [0.05, 0.1) is 0 Å². The Bertz CT molecular complexity index is 789. The number of fused-ring (bicyclic) bond motifs is 1. The Morgan fingerprint density at radius 3 is 2.69 bits per heavy atom. The Hall–Kier alpha value is -2.04. The van der Waals surface area contributed by atoms with E-state index in [2.05, 4.69) is 30.9 Å². The Morgan fingerprint density at radius 1 is 1.23 bits per heavy atom. The first-order valence-corrected chi connectivity index (χ1v) is 8.65. The molecule has 5 heteroatoms. The van der Waals surface area contributed by atoms with E-state index in [4.69, 9.17) is 4.74 Å². The third kappa shape index (κ3) is 4.19. The average Bonchev–Trinajstić information content (AvgIpc) is 3.03. The van der Waals surface area contributed by atoms with E-state index in [9.17, 15) is 9.90 Å². The second kappa shape index (κ2) is 8.11. The van der Waals surface area contributed by atoms with Crippen LogP contribution < -0.4 is 4.74 Å². The van der Waals surface area contributed by atoms with Crippen molar-refractivity contribution in [2.45, 2.75) is 52.2 Å². The topological polar surface area (TPSA) is 49.8 Å². The molecule has 0 unspecified atom stereocenters. The van der Waals surface area contributed by atoms with Crippen LogP contribution in [0.25, 0.3) is 0 Å². The highest BCUT2D eigenvalue weighted by Crippen LogP contribution is 2.36. The molecule has 0 spiro atoms. The number of hydrogen-bond donors (Lipinski definition) is 1. The summed E-state index contributed by atoms with van der Waals surface area (Å²) < 4.78 is 5.13. The molecule has 0 fully saturated rings. The number of nitrogens with zero attached hydrogens (tertiary/aromatic N) is 1. The van der Waals surface area contributed by atoms with E-state index in [-0.39, 0.29) is 17.9 Å². The smallest absolute Gasteiger partial charge is 0.298 e. The summed E-state index contributed by atoms with van der Waals surface area (Å²) in [5.74, 6) is 1.01. The molecular weight excluding hydrogens is 350 g/mol. The van der Waals surface area contributed by atoms with Gasteiger partial charge in [0, 0.05) is 24.2 Å². The van der Waals surface area contributed by atoms with Crippen molar-refractivity contribution < 1.29 is 14.6 Å². The first kappa shape index (κ1) is 20.3. The number of ether oxygens (including phenoxy) is 1. The molecule has 1 heterocycles. The second-order valence-electron chi connectivity index (χ2n) is 7.40. The van der Waals surface area contributed by atoms with Crippen LogP contribution in [0.1, 0.15) is 42.5 Å². The molecule has 1 aliphatic rings. The minimum Gasteiger partial charge on any atom is -0.508 e. The van der Waals surface area contributed by atoms with Crippen LogP contribution in [0.5, 0.6) is 11.5 Å². The van der Waals surface area contributed by atoms with Gasteiger partial charge >= 0.3 is 0 Å². The average molecular weight is 376 g/mol. The molecule has 0 aromatic heterocycles. The number of hydrogen-bond acceptors (Lipinski definition) is 4. The predicted octanol–water partition coefficient (Wildman–Crippen LogP) is 4.38. The van der Waals surface area contributed by atoms with Crippen LogP contribution in [-0.4, -0.2) is 22.0 Å². The van der Waals surface area contributed by atoms with E-state index >= 15 is 0 Å². The van der Waals surface area contributed by atoms with Crippen molar-refractivity contribution in [1.82, 2.24) is 4.90 Å². The molecule has 0 bridgehead atoms. The van der Waals surface area contributed by atoms with E-state index in [1.165, 1.54) is 11.1 Å². The van der Waals surface area contributed by atoms with Gasteiger partial charge in [0.25, 0.3) is 6.47 Å². The number of halogens is 1. The van der Waals surface area contributed by atoms with Gasteiger partial charge in [-0.3, -0.25) is 9.69 Å². The number of aryl methyl sites for hydroxylation is 2. The number of aromatic hydroxyl groups is 1. The van der Waals surface area contributed by atoms with Crippen LogP contribution in [0, 0.1) is 6.92 Å². The highest BCUT2D eigenvalue weighted by atomic mass is 35.5. The van der Waals surface area contributed by atoms with Crippen LogP contribution in [0.2, 0.25) is 0 Å². The SMILES string of the molecule is Cc1cc(CCC(C)(C)N2Cc3cccc(OC=O)c3C2)ccc1O.Cl. The van der Waals surface area contributed by atoms with Crippen LogP contribution in [0.4, 0.5) is 0 Å². The third-order valence-electron chi connectivity index (χ3n) is 5.26. The van der Waals surface area contributed by atoms with Crippen molar-refractivity contribution >= 4 is 18.9 Å². The monoisotopic (exact) mass is 375 g/mol. The minimum absolute atomic E-state index is 0. The number of rotatable bonds is 6. The van der Waals surface area contributed by atoms with Crippen molar-refractivity contribution in [1.29, 1.82) is 0 Å². The number of phenolic OH excluding ortho intramolecular Hbond substituents is 1. The van der Waals surface area contributed by atoms with E-state index in [1.807, 2.05) is 25.1 Å². The molecule has 0 atom stereocenters. The minimum atomic E-state index is 0. The molecule has 2 aromatic rings. The molecule has 26 heavy (non-hydrogen) atoms. The standard InChI is InChI=1S/C21H25NO3.ClH/c1-15-11-16(7-8-19(15)24)9-10-21(2,3)22-12-17-5-4-6-20(25-14-23)18(17)13-22;/h4-8,11,14,24H,9-10,12-13H2,1-3H3;1H. The number of carbonyl (C=O) groups excluding carboxylic acids is 1. The summed E-state index contributed by atoms with van der Waals surface area (Å²) >= 11 is 0. The summed E-state index contributed by atoms with van der Waals surface area (Å²) in [6.45, 7) is 8.60. The summed E-state index contributed by atoms with van der Waals surface area (Å²) in [6, 6.07) is 11.7. The van der Waals surface area contributed by atoms with Crippen LogP contribution in [-0.2, 0) is 24.3 Å². The molecule has 140 valence electrons. The second-order valence-corrected chi connectivity index (χ2v) is 7.40. The predicted molar refractivity (Wildman–Crippen MR) is 105 cm³/mol. The lowest BCUT2D eigenvalue weighted by molar-refractivity contribution is -0.120. The number of phenols is 1. The molecule has 4 nitrogen and oxygen atoms in total. The fourth-order valence-corrected chi connectivity index (χ4v) is 3.46. The summed E-state index contributed by atoms with van der Waals surface area (Å²) in [6.07, 6.45) is 1.97. The molecule has 0 saturated heterocycles. The van der Waals surface area contributed by atoms with Crippen molar-refractivity contribution in [3.8, 4) is 11.5 Å². The van der Waals surface area contributed by atoms with Gasteiger partial charge in [0.2, 0.25) is 0 Å². The normalized spacial score (nSPS) is 13.8. The Balaban J connectivity index is 0.00000243. The zero-order chi connectivity index (χ0) is 18.0. The van der Waals surface area contributed by atoms with Crippen LogP contribution >= 0.6 is 12.4 Å². The Labute approximate surface area is 161 Å². The fourth-order valence-electron chi connectivity index (χ4n) is 3.46. The highest BCUT2D eigenvalue weighted by molar-refractivity contribution is 5.85. The highest BCUT2D eigenvalue weighted by Gasteiger charge is 2.33. The van der Waals surface area contributed by atoms with Gasteiger partial charge in [0.1, 0.15) is 11.5 Å². The molecule has 0 aliphatic carbocycles. The summed E-state index contributed by atoms with van der Waals surface area (Å²) in [7, 11) is 0. The van der Waals surface area contributed by atoms with E-state index in [1.54, 1.807) is 6.07 Å². The molecule has 0 amide bonds. The number of benzene rings is 2. The van der Waals surface area contributed by atoms with Gasteiger partial charge in [-0.05, 0) is 62.4 Å². The Kier molecular flexibility index (Phi) is 6.32. The first-order valence-electron chi connectivity index (χ1n) is 8.65. The largest absolute Gasteiger partial charge is 0.508 e. The van der Waals surface area contributed by atoms with Gasteiger partial charge in [-0.25, -0.2) is 0 Å².